The Morgan fingerprint density at radius 3 is 2.77 bits per heavy atom. The Kier molecular flexibility index (Phi) is 6.03. The molecule has 1 N–H and O–H groups in total. The van der Waals surface area contributed by atoms with Gasteiger partial charge in [-0.15, -0.1) is 21.5 Å². The van der Waals surface area contributed by atoms with Gasteiger partial charge in [0.25, 0.3) is 0 Å². The highest BCUT2D eigenvalue weighted by molar-refractivity contribution is 7.99. The Bertz CT molecular complexity index is 1240. The number of pyridine rings is 1. The topological polar surface area (TPSA) is 85.6 Å². The van der Waals surface area contributed by atoms with E-state index < -0.39 is 5.97 Å². The van der Waals surface area contributed by atoms with E-state index in [1.165, 1.54) is 30.2 Å². The van der Waals surface area contributed by atoms with Crippen LogP contribution in [0.4, 0.5) is 5.00 Å². The molecule has 3 aromatic heterocycles. The zero-order valence-electron chi connectivity index (χ0n) is 15.7. The lowest BCUT2D eigenvalue weighted by atomic mass is 10.0. The van der Waals surface area contributed by atoms with Gasteiger partial charge in [0.15, 0.2) is 10.8 Å². The number of halogens is 1. The predicted octanol–water partition coefficient (Wildman–Crippen LogP) is 4.63. The molecular weight excluding hydrogens is 444 g/mol. The molecule has 10 heteroatoms. The van der Waals surface area contributed by atoms with E-state index >= 15 is 0 Å². The molecule has 152 valence electrons. The number of anilines is 1. The summed E-state index contributed by atoms with van der Waals surface area (Å²) in [4.78, 5) is 25.0. The monoisotopic (exact) mass is 458 g/mol. The van der Waals surface area contributed by atoms with E-state index in [2.05, 4.69) is 15.5 Å². The molecule has 7 nitrogen and oxygen atoms in total. The summed E-state index contributed by atoms with van der Waals surface area (Å²) in [6.07, 6.45) is 1.83. The SMILES string of the molecule is COC(=O)c1c(-c2ccccc2Cl)csc1NC(=O)CSc1nnc2ccccn12. The van der Waals surface area contributed by atoms with Crippen molar-refractivity contribution in [1.29, 1.82) is 0 Å². The van der Waals surface area contributed by atoms with Crippen LogP contribution >= 0.6 is 34.7 Å². The lowest BCUT2D eigenvalue weighted by Crippen LogP contribution is -2.16. The van der Waals surface area contributed by atoms with Gasteiger partial charge in [-0.2, -0.15) is 0 Å². The molecule has 0 aliphatic rings. The van der Waals surface area contributed by atoms with E-state index in [0.29, 0.717) is 32.0 Å². The highest BCUT2D eigenvalue weighted by Gasteiger charge is 2.23. The predicted molar refractivity (Wildman–Crippen MR) is 118 cm³/mol. The average molecular weight is 459 g/mol. The smallest absolute Gasteiger partial charge is 0.341 e. The van der Waals surface area contributed by atoms with Gasteiger partial charge in [0.05, 0.1) is 12.9 Å². The lowest BCUT2D eigenvalue weighted by molar-refractivity contribution is -0.113. The largest absolute Gasteiger partial charge is 0.465 e. The summed E-state index contributed by atoms with van der Waals surface area (Å²) in [5, 5.41) is 14.3. The Balaban J connectivity index is 1.54. The molecule has 0 saturated heterocycles. The Hall–Kier alpha value is -2.88. The number of hydrogen-bond acceptors (Lipinski definition) is 7. The van der Waals surface area contributed by atoms with Crippen LogP contribution in [0.3, 0.4) is 0 Å². The fourth-order valence-corrected chi connectivity index (χ4v) is 4.77. The summed E-state index contributed by atoms with van der Waals surface area (Å²) in [7, 11) is 1.30. The molecule has 0 aliphatic heterocycles. The summed E-state index contributed by atoms with van der Waals surface area (Å²) in [5.74, 6) is -0.710. The normalized spacial score (nSPS) is 10.9. The van der Waals surface area contributed by atoms with Crippen molar-refractivity contribution in [2.75, 3.05) is 18.2 Å². The van der Waals surface area contributed by atoms with Gasteiger partial charge in [-0.1, -0.05) is 47.6 Å². The van der Waals surface area contributed by atoms with Crippen molar-refractivity contribution in [1.82, 2.24) is 14.6 Å². The second kappa shape index (κ2) is 8.86. The van der Waals surface area contributed by atoms with Crippen LogP contribution in [-0.2, 0) is 9.53 Å². The van der Waals surface area contributed by atoms with Crippen LogP contribution in [0.25, 0.3) is 16.8 Å². The van der Waals surface area contributed by atoms with Gasteiger partial charge in [-0.3, -0.25) is 9.20 Å². The van der Waals surface area contributed by atoms with Crippen molar-refractivity contribution in [3.05, 3.63) is 64.6 Å². The third-order valence-corrected chi connectivity index (χ3v) is 6.38. The maximum absolute atomic E-state index is 12.6. The number of carbonyl (C=O) groups excluding carboxylic acids is 2. The quantitative estimate of drug-likeness (QED) is 0.335. The van der Waals surface area contributed by atoms with Crippen molar-refractivity contribution >= 4 is 57.2 Å². The molecule has 0 spiro atoms. The van der Waals surface area contributed by atoms with E-state index in [1.807, 2.05) is 42.6 Å². The molecule has 1 aromatic carbocycles. The molecule has 0 atom stereocenters. The third-order valence-electron chi connectivity index (χ3n) is 4.21. The molecule has 3 heterocycles. The number of nitrogens with one attached hydrogen (secondary N) is 1. The number of esters is 1. The maximum atomic E-state index is 12.6. The molecular formula is C20H15ClN4O3S2. The molecule has 0 aliphatic carbocycles. The number of benzene rings is 1. The van der Waals surface area contributed by atoms with Crippen molar-refractivity contribution in [2.45, 2.75) is 5.16 Å². The van der Waals surface area contributed by atoms with Gasteiger partial charge in [-0.25, -0.2) is 4.79 Å². The van der Waals surface area contributed by atoms with Gasteiger partial charge in [0.2, 0.25) is 5.91 Å². The van der Waals surface area contributed by atoms with Crippen molar-refractivity contribution in [3.8, 4) is 11.1 Å². The number of amides is 1. The van der Waals surface area contributed by atoms with E-state index in [9.17, 15) is 9.59 Å². The summed E-state index contributed by atoms with van der Waals surface area (Å²) in [6, 6.07) is 12.8. The van der Waals surface area contributed by atoms with Crippen molar-refractivity contribution in [2.24, 2.45) is 0 Å². The van der Waals surface area contributed by atoms with E-state index in [-0.39, 0.29) is 17.2 Å². The number of hydrogen-bond donors (Lipinski definition) is 1. The fourth-order valence-electron chi connectivity index (χ4n) is 2.84. The van der Waals surface area contributed by atoms with Crippen LogP contribution in [0.2, 0.25) is 5.02 Å². The Morgan fingerprint density at radius 2 is 1.97 bits per heavy atom. The van der Waals surface area contributed by atoms with Gasteiger partial charge in [0, 0.05) is 27.7 Å². The first kappa shape index (κ1) is 20.4. The average Bonchev–Trinajstić information content (AvgIpc) is 3.36. The fraction of sp³-hybridized carbons (Fsp3) is 0.100. The Labute approximate surface area is 185 Å². The highest BCUT2D eigenvalue weighted by Crippen LogP contribution is 2.39. The first-order valence-electron chi connectivity index (χ1n) is 8.75. The lowest BCUT2D eigenvalue weighted by Gasteiger charge is -2.08. The molecule has 4 rings (SSSR count). The third kappa shape index (κ3) is 4.04. The van der Waals surface area contributed by atoms with Gasteiger partial charge >= 0.3 is 5.97 Å². The molecule has 0 radical (unpaired) electrons. The minimum atomic E-state index is -0.544. The number of fused-ring (bicyclic) bond motifs is 1. The van der Waals surface area contributed by atoms with Gasteiger partial charge in [0.1, 0.15) is 10.6 Å². The van der Waals surface area contributed by atoms with Crippen LogP contribution in [0.15, 0.2) is 59.2 Å². The number of thioether (sulfide) groups is 1. The maximum Gasteiger partial charge on any atom is 0.341 e. The zero-order chi connectivity index (χ0) is 21.1. The van der Waals surface area contributed by atoms with E-state index in [4.69, 9.17) is 16.3 Å². The second-order valence-electron chi connectivity index (χ2n) is 6.07. The minimum absolute atomic E-state index is 0.107. The molecule has 30 heavy (non-hydrogen) atoms. The number of methoxy groups -OCH3 is 1. The van der Waals surface area contributed by atoms with E-state index in [0.717, 1.165) is 0 Å². The minimum Gasteiger partial charge on any atom is -0.465 e. The van der Waals surface area contributed by atoms with Crippen LogP contribution in [0, 0.1) is 0 Å². The second-order valence-corrected chi connectivity index (χ2v) is 8.30. The summed E-state index contributed by atoms with van der Waals surface area (Å²) in [5.41, 5.74) is 2.29. The number of rotatable bonds is 6. The number of ether oxygens (including phenoxy) is 1. The van der Waals surface area contributed by atoms with Crippen LogP contribution in [0.5, 0.6) is 0 Å². The molecule has 0 bridgehead atoms. The van der Waals surface area contributed by atoms with Gasteiger partial charge in [-0.05, 0) is 18.2 Å². The first-order chi connectivity index (χ1) is 14.6. The highest BCUT2D eigenvalue weighted by atomic mass is 35.5. The summed E-state index contributed by atoms with van der Waals surface area (Å²) in [6.45, 7) is 0. The summed E-state index contributed by atoms with van der Waals surface area (Å²) < 4.78 is 6.74. The molecule has 1 amide bonds. The standard InChI is InChI=1S/C20H15ClN4O3S2/c1-28-19(27)17-13(12-6-2-3-7-14(12)21)10-29-18(17)22-16(26)11-30-20-24-23-15-8-4-5-9-25(15)20/h2-10H,11H2,1H3,(H,22,26). The van der Waals surface area contributed by atoms with Crippen LogP contribution < -0.4 is 5.32 Å². The number of aromatic nitrogens is 3. The molecule has 4 aromatic rings. The molecule has 0 unspecified atom stereocenters. The van der Waals surface area contributed by atoms with Gasteiger partial charge < -0.3 is 10.1 Å². The number of carbonyl (C=O) groups is 2. The number of nitrogens with zero attached hydrogens (tertiary/aromatic N) is 3. The van der Waals surface area contributed by atoms with E-state index in [1.54, 1.807) is 15.8 Å². The molecule has 0 fully saturated rings. The summed E-state index contributed by atoms with van der Waals surface area (Å²) >= 11 is 8.79. The first-order valence-corrected chi connectivity index (χ1v) is 11.0. The Morgan fingerprint density at radius 1 is 1.17 bits per heavy atom. The van der Waals surface area contributed by atoms with Crippen LogP contribution in [0.1, 0.15) is 10.4 Å². The van der Waals surface area contributed by atoms with Crippen molar-refractivity contribution in [3.63, 3.8) is 0 Å². The van der Waals surface area contributed by atoms with Crippen molar-refractivity contribution < 1.29 is 14.3 Å². The molecule has 0 saturated carbocycles. The zero-order valence-corrected chi connectivity index (χ0v) is 18.1. The number of thiophene rings is 1. The van der Waals surface area contributed by atoms with Crippen LogP contribution in [-0.4, -0.2) is 39.3 Å².